The molecule has 0 spiro atoms. The summed E-state index contributed by atoms with van der Waals surface area (Å²) < 4.78 is 6.42. The normalized spacial score (nSPS) is 14.2. The van der Waals surface area contributed by atoms with E-state index in [4.69, 9.17) is 4.52 Å². The van der Waals surface area contributed by atoms with Crippen LogP contribution in [0, 0.1) is 13.8 Å². The van der Waals surface area contributed by atoms with E-state index in [0.717, 1.165) is 30.4 Å². The minimum Gasteiger partial charge on any atom is -0.334 e. The number of aryl methyl sites for hydroxylation is 2. The highest BCUT2D eigenvalue weighted by Gasteiger charge is 2.23. The highest BCUT2D eigenvalue weighted by Crippen LogP contribution is 2.19. The maximum Gasteiger partial charge on any atom is 0.316 e. The largest absolute Gasteiger partial charge is 0.334 e. The molecule has 3 aromatic rings. The highest BCUT2D eigenvalue weighted by molar-refractivity contribution is 5.89. The van der Waals surface area contributed by atoms with Crippen LogP contribution in [0.1, 0.15) is 46.9 Å². The lowest BCUT2D eigenvalue weighted by atomic mass is 10.0. The number of hydrogen-bond acceptors (Lipinski definition) is 6. The molecule has 0 atom stereocenters. The molecule has 8 nitrogen and oxygen atoms in total. The summed E-state index contributed by atoms with van der Waals surface area (Å²) in [5.41, 5.74) is 3.68. The summed E-state index contributed by atoms with van der Waals surface area (Å²) in [6, 6.07) is 9.21. The molecule has 2 aromatic heterocycles. The zero-order valence-corrected chi connectivity index (χ0v) is 16.6. The van der Waals surface area contributed by atoms with Crippen molar-refractivity contribution >= 4 is 5.91 Å². The van der Waals surface area contributed by atoms with E-state index in [1.807, 2.05) is 32.0 Å². The first kappa shape index (κ1) is 19.0. The molecule has 8 heteroatoms. The number of piperidine rings is 1. The van der Waals surface area contributed by atoms with Gasteiger partial charge in [-0.15, -0.1) is 0 Å². The Bertz CT molecular complexity index is 1100. The number of nitrogens with zero attached hydrogens (tertiary/aromatic N) is 5. The number of likely N-dealkylation sites (tertiary alicyclic amines) is 1. The first-order valence-electron chi connectivity index (χ1n) is 9.79. The van der Waals surface area contributed by atoms with E-state index in [2.05, 4.69) is 15.2 Å². The molecule has 0 unspecified atom stereocenters. The molecule has 0 saturated carbocycles. The van der Waals surface area contributed by atoms with Crippen LogP contribution in [0.15, 0.2) is 39.6 Å². The smallest absolute Gasteiger partial charge is 0.316 e. The maximum absolute atomic E-state index is 12.5. The van der Waals surface area contributed by atoms with Gasteiger partial charge in [-0.25, -0.2) is 4.68 Å². The van der Waals surface area contributed by atoms with Crippen LogP contribution >= 0.6 is 0 Å². The molecule has 1 aromatic carbocycles. The standard InChI is InChI=1S/C21H23N5O3/c1-14-6-7-16(12-15(14)2)17-8-9-19(27)26(23-17)13-18-22-20(29-24-18)21(28)25-10-4-3-5-11-25/h6-9,12H,3-5,10-11,13H2,1-2H3. The SMILES string of the molecule is Cc1ccc(-c2ccc(=O)n(Cc3noc(C(=O)N4CCCCC4)n3)n2)cc1C. The Morgan fingerprint density at radius 2 is 1.86 bits per heavy atom. The summed E-state index contributed by atoms with van der Waals surface area (Å²) in [5.74, 6) is -0.0508. The van der Waals surface area contributed by atoms with Crippen molar-refractivity contribution in [3.63, 3.8) is 0 Å². The van der Waals surface area contributed by atoms with Crippen LogP contribution in [-0.4, -0.2) is 43.8 Å². The van der Waals surface area contributed by atoms with E-state index in [-0.39, 0.29) is 29.7 Å². The quantitative estimate of drug-likeness (QED) is 0.676. The van der Waals surface area contributed by atoms with Crippen molar-refractivity contribution in [3.05, 3.63) is 63.5 Å². The number of aromatic nitrogens is 4. The fourth-order valence-electron chi connectivity index (χ4n) is 3.39. The van der Waals surface area contributed by atoms with E-state index < -0.39 is 0 Å². The average Bonchev–Trinajstić information content (AvgIpc) is 3.20. The zero-order chi connectivity index (χ0) is 20.4. The Hall–Kier alpha value is -3.29. The van der Waals surface area contributed by atoms with Gasteiger partial charge in [0.1, 0.15) is 6.54 Å². The van der Waals surface area contributed by atoms with Gasteiger partial charge < -0.3 is 9.42 Å². The summed E-state index contributed by atoms with van der Waals surface area (Å²) in [4.78, 5) is 30.6. The summed E-state index contributed by atoms with van der Waals surface area (Å²) >= 11 is 0. The van der Waals surface area contributed by atoms with Crippen LogP contribution in [0.3, 0.4) is 0 Å². The molecule has 1 aliphatic heterocycles. The number of rotatable bonds is 4. The van der Waals surface area contributed by atoms with Crippen LogP contribution in [-0.2, 0) is 6.54 Å². The zero-order valence-electron chi connectivity index (χ0n) is 16.6. The van der Waals surface area contributed by atoms with Gasteiger partial charge in [0.25, 0.3) is 5.56 Å². The number of amides is 1. The Morgan fingerprint density at radius 3 is 2.62 bits per heavy atom. The number of benzene rings is 1. The number of carbonyl (C=O) groups excluding carboxylic acids is 1. The number of hydrogen-bond donors (Lipinski definition) is 0. The second-order valence-corrected chi connectivity index (χ2v) is 7.38. The Morgan fingerprint density at radius 1 is 1.07 bits per heavy atom. The molecular weight excluding hydrogens is 370 g/mol. The van der Waals surface area contributed by atoms with E-state index in [0.29, 0.717) is 18.8 Å². The molecule has 1 amide bonds. The Balaban J connectivity index is 1.55. The maximum atomic E-state index is 12.5. The van der Waals surface area contributed by atoms with Gasteiger partial charge in [0.05, 0.1) is 5.69 Å². The van der Waals surface area contributed by atoms with Gasteiger partial charge in [0.2, 0.25) is 0 Å². The number of carbonyl (C=O) groups is 1. The van der Waals surface area contributed by atoms with Gasteiger partial charge in [0.15, 0.2) is 5.82 Å². The van der Waals surface area contributed by atoms with E-state index in [1.54, 1.807) is 11.0 Å². The van der Waals surface area contributed by atoms with E-state index in [1.165, 1.54) is 16.3 Å². The predicted octanol–water partition coefficient (Wildman–Crippen LogP) is 2.58. The predicted molar refractivity (Wildman–Crippen MR) is 107 cm³/mol. The highest BCUT2D eigenvalue weighted by atomic mass is 16.5. The molecule has 1 aliphatic rings. The molecule has 3 heterocycles. The van der Waals surface area contributed by atoms with Gasteiger partial charge in [-0.05, 0) is 56.4 Å². The minimum atomic E-state index is -0.272. The monoisotopic (exact) mass is 393 g/mol. The molecule has 1 fully saturated rings. The summed E-state index contributed by atoms with van der Waals surface area (Å²) in [7, 11) is 0. The van der Waals surface area contributed by atoms with Gasteiger partial charge >= 0.3 is 11.8 Å². The third kappa shape index (κ3) is 4.11. The molecule has 29 heavy (non-hydrogen) atoms. The summed E-state index contributed by atoms with van der Waals surface area (Å²) in [6.07, 6.45) is 3.10. The van der Waals surface area contributed by atoms with Crippen LogP contribution in [0.25, 0.3) is 11.3 Å². The van der Waals surface area contributed by atoms with E-state index in [9.17, 15) is 9.59 Å². The van der Waals surface area contributed by atoms with Crippen molar-refractivity contribution in [2.75, 3.05) is 13.1 Å². The Kier molecular flexibility index (Phi) is 5.24. The lowest BCUT2D eigenvalue weighted by Crippen LogP contribution is -2.35. The lowest BCUT2D eigenvalue weighted by Gasteiger charge is -2.24. The molecule has 0 aliphatic carbocycles. The minimum absolute atomic E-state index is 0.0360. The Labute approximate surface area is 168 Å². The van der Waals surface area contributed by atoms with Gasteiger partial charge in [-0.2, -0.15) is 10.1 Å². The van der Waals surface area contributed by atoms with Crippen molar-refractivity contribution in [1.29, 1.82) is 0 Å². The average molecular weight is 393 g/mol. The summed E-state index contributed by atoms with van der Waals surface area (Å²) in [6.45, 7) is 5.53. The van der Waals surface area contributed by atoms with Crippen molar-refractivity contribution < 1.29 is 9.32 Å². The lowest BCUT2D eigenvalue weighted by molar-refractivity contribution is 0.0674. The third-order valence-electron chi connectivity index (χ3n) is 5.25. The molecule has 1 saturated heterocycles. The van der Waals surface area contributed by atoms with Gasteiger partial charge in [-0.1, -0.05) is 17.3 Å². The van der Waals surface area contributed by atoms with Crippen LogP contribution in [0.4, 0.5) is 0 Å². The van der Waals surface area contributed by atoms with Crippen LogP contribution in [0.5, 0.6) is 0 Å². The first-order valence-corrected chi connectivity index (χ1v) is 9.79. The first-order chi connectivity index (χ1) is 14.0. The molecule has 0 bridgehead atoms. The van der Waals surface area contributed by atoms with Crippen LogP contribution < -0.4 is 5.56 Å². The second kappa shape index (κ2) is 7.98. The van der Waals surface area contributed by atoms with Crippen molar-refractivity contribution in [3.8, 4) is 11.3 Å². The molecular formula is C21H23N5O3. The summed E-state index contributed by atoms with van der Waals surface area (Å²) in [5, 5.41) is 8.30. The topological polar surface area (TPSA) is 94.1 Å². The third-order valence-corrected chi connectivity index (χ3v) is 5.25. The molecule has 150 valence electrons. The van der Waals surface area contributed by atoms with Crippen LogP contribution in [0.2, 0.25) is 0 Å². The van der Waals surface area contributed by atoms with Crippen molar-refractivity contribution in [2.45, 2.75) is 39.7 Å². The van der Waals surface area contributed by atoms with E-state index >= 15 is 0 Å². The van der Waals surface area contributed by atoms with Crippen molar-refractivity contribution in [1.82, 2.24) is 24.8 Å². The van der Waals surface area contributed by atoms with Crippen molar-refractivity contribution in [2.24, 2.45) is 0 Å². The van der Waals surface area contributed by atoms with Gasteiger partial charge in [0, 0.05) is 24.7 Å². The molecule has 0 N–H and O–H groups in total. The van der Waals surface area contributed by atoms with Gasteiger partial charge in [-0.3, -0.25) is 9.59 Å². The fourth-order valence-corrected chi connectivity index (χ4v) is 3.39. The molecule has 4 rings (SSSR count). The second-order valence-electron chi connectivity index (χ2n) is 7.38. The molecule has 0 radical (unpaired) electrons. The fraction of sp³-hybridized carbons (Fsp3) is 0.381.